The molecule has 0 bridgehead atoms. The lowest BCUT2D eigenvalue weighted by atomic mass is 10.2. The molecule has 0 unspecified atom stereocenters. The molecule has 9 heteroatoms. The number of nitro groups is 1. The molecule has 0 spiro atoms. The average Bonchev–Trinajstić information content (AvgIpc) is 2.39. The number of benzene rings is 2. The van der Waals surface area contributed by atoms with Crippen LogP contribution in [0.4, 0.5) is 21.9 Å². The summed E-state index contributed by atoms with van der Waals surface area (Å²) in [5, 5.41) is 34.1. The number of nitrogens with zero attached hydrogens (tertiary/aromatic N) is 1. The van der Waals surface area contributed by atoms with E-state index in [0.717, 1.165) is 12.1 Å². The minimum atomic E-state index is -0.743. The molecule has 2 rings (SSSR count). The van der Waals surface area contributed by atoms with Crippen LogP contribution < -0.4 is 10.6 Å². The summed E-state index contributed by atoms with van der Waals surface area (Å²) in [4.78, 5) is 21.9. The maximum atomic E-state index is 11.8. The lowest BCUT2D eigenvalue weighted by Crippen LogP contribution is -2.19. The van der Waals surface area contributed by atoms with E-state index in [0.29, 0.717) is 0 Å². The largest absolute Gasteiger partial charge is 0.508 e. The number of anilines is 2. The first-order valence-electron chi connectivity index (χ1n) is 5.90. The van der Waals surface area contributed by atoms with Crippen molar-refractivity contribution in [2.24, 2.45) is 0 Å². The molecule has 0 radical (unpaired) electrons. The van der Waals surface area contributed by atoms with E-state index in [1.165, 1.54) is 24.3 Å². The van der Waals surface area contributed by atoms with Gasteiger partial charge in [0.1, 0.15) is 11.5 Å². The summed E-state index contributed by atoms with van der Waals surface area (Å²) < 4.78 is 0. The smallest absolute Gasteiger partial charge is 0.323 e. The van der Waals surface area contributed by atoms with E-state index in [9.17, 15) is 25.1 Å². The van der Waals surface area contributed by atoms with Gasteiger partial charge in [-0.1, -0.05) is 11.6 Å². The monoisotopic (exact) mass is 323 g/mol. The van der Waals surface area contributed by atoms with Crippen LogP contribution in [0.5, 0.6) is 11.5 Å². The molecule has 22 heavy (non-hydrogen) atoms. The first-order valence-corrected chi connectivity index (χ1v) is 6.28. The standard InChI is InChI=1S/C13H10ClN3O5/c14-11-2-1-8(17(21)22)5-12(11)16-13(20)15-7-3-9(18)6-10(19)4-7/h1-6,18-19H,(H2,15,16,20). The number of phenolic OH excluding ortho intramolecular Hbond substituents is 2. The van der Waals surface area contributed by atoms with Crippen LogP contribution in [0, 0.1) is 10.1 Å². The normalized spacial score (nSPS) is 10.0. The number of halogens is 1. The Labute approximate surface area is 129 Å². The number of phenols is 2. The predicted molar refractivity (Wildman–Crippen MR) is 80.5 cm³/mol. The molecule has 0 heterocycles. The van der Waals surface area contributed by atoms with Crippen molar-refractivity contribution < 1.29 is 19.9 Å². The Morgan fingerprint density at radius 3 is 2.32 bits per heavy atom. The first-order chi connectivity index (χ1) is 10.3. The molecule has 0 saturated carbocycles. The summed E-state index contributed by atoms with van der Waals surface area (Å²) in [6, 6.07) is 6.39. The predicted octanol–water partition coefficient (Wildman–Crippen LogP) is 3.30. The van der Waals surface area contributed by atoms with Gasteiger partial charge in [-0.3, -0.25) is 10.1 Å². The van der Waals surface area contributed by atoms with Crippen LogP contribution in [-0.2, 0) is 0 Å². The third-order valence-electron chi connectivity index (χ3n) is 2.57. The summed E-state index contributed by atoms with van der Waals surface area (Å²) >= 11 is 5.85. The van der Waals surface area contributed by atoms with Crippen molar-refractivity contribution in [2.75, 3.05) is 10.6 Å². The molecule has 0 aromatic heterocycles. The van der Waals surface area contributed by atoms with Crippen LogP contribution in [0.1, 0.15) is 0 Å². The second kappa shape index (κ2) is 6.19. The third-order valence-corrected chi connectivity index (χ3v) is 2.90. The molecule has 114 valence electrons. The maximum absolute atomic E-state index is 11.8. The van der Waals surface area contributed by atoms with Crippen molar-refractivity contribution in [1.29, 1.82) is 0 Å². The molecule has 0 saturated heterocycles. The average molecular weight is 324 g/mol. The van der Waals surface area contributed by atoms with Gasteiger partial charge >= 0.3 is 6.03 Å². The van der Waals surface area contributed by atoms with Crippen LogP contribution in [-0.4, -0.2) is 21.2 Å². The van der Waals surface area contributed by atoms with Gasteiger partial charge in [0.15, 0.2) is 0 Å². The molecule has 2 amide bonds. The van der Waals surface area contributed by atoms with Crippen molar-refractivity contribution >= 4 is 34.7 Å². The molecule has 0 aliphatic rings. The number of non-ortho nitro benzene ring substituents is 1. The van der Waals surface area contributed by atoms with Crippen LogP contribution in [0.2, 0.25) is 5.02 Å². The number of aromatic hydroxyl groups is 2. The molecule has 4 N–H and O–H groups in total. The Balaban J connectivity index is 2.15. The molecule has 2 aromatic rings. The summed E-state index contributed by atoms with van der Waals surface area (Å²) in [6.07, 6.45) is 0. The Kier molecular flexibility index (Phi) is 4.33. The number of amides is 2. The summed E-state index contributed by atoms with van der Waals surface area (Å²) in [7, 11) is 0. The number of carbonyl (C=O) groups excluding carboxylic acids is 1. The van der Waals surface area contributed by atoms with Crippen LogP contribution >= 0.6 is 11.6 Å². The number of nitrogens with one attached hydrogen (secondary N) is 2. The highest BCUT2D eigenvalue weighted by Crippen LogP contribution is 2.27. The van der Waals surface area contributed by atoms with Gasteiger partial charge in [-0.15, -0.1) is 0 Å². The Morgan fingerprint density at radius 1 is 1.09 bits per heavy atom. The van der Waals surface area contributed by atoms with Crippen molar-refractivity contribution in [2.45, 2.75) is 0 Å². The number of carbonyl (C=O) groups is 1. The van der Waals surface area contributed by atoms with Gasteiger partial charge in [0.25, 0.3) is 5.69 Å². The number of urea groups is 1. The second-order valence-corrected chi connectivity index (χ2v) is 4.65. The minimum absolute atomic E-state index is 0.0535. The Hall–Kier alpha value is -3.00. The van der Waals surface area contributed by atoms with Crippen LogP contribution in [0.25, 0.3) is 0 Å². The van der Waals surface area contributed by atoms with Gasteiger partial charge in [0.2, 0.25) is 0 Å². The second-order valence-electron chi connectivity index (χ2n) is 4.24. The van der Waals surface area contributed by atoms with Crippen LogP contribution in [0.3, 0.4) is 0 Å². The van der Waals surface area contributed by atoms with E-state index in [-0.39, 0.29) is 33.6 Å². The summed E-state index contributed by atoms with van der Waals surface area (Å²) in [5.41, 5.74) is -0.0380. The van der Waals surface area contributed by atoms with Gasteiger partial charge in [0, 0.05) is 36.0 Å². The summed E-state index contributed by atoms with van der Waals surface area (Å²) in [5.74, 6) is -0.465. The van der Waals surface area contributed by atoms with Crippen molar-refractivity contribution in [3.05, 3.63) is 51.5 Å². The van der Waals surface area contributed by atoms with E-state index in [2.05, 4.69) is 10.6 Å². The van der Waals surface area contributed by atoms with E-state index in [4.69, 9.17) is 11.6 Å². The fourth-order valence-corrected chi connectivity index (χ4v) is 1.84. The number of hydrogen-bond acceptors (Lipinski definition) is 5. The zero-order chi connectivity index (χ0) is 16.3. The van der Waals surface area contributed by atoms with E-state index in [1.807, 2.05) is 0 Å². The van der Waals surface area contributed by atoms with Crippen molar-refractivity contribution in [3.63, 3.8) is 0 Å². The van der Waals surface area contributed by atoms with Crippen molar-refractivity contribution in [1.82, 2.24) is 0 Å². The van der Waals surface area contributed by atoms with Gasteiger partial charge in [0.05, 0.1) is 15.6 Å². The number of hydrogen-bond donors (Lipinski definition) is 4. The fraction of sp³-hybridized carbons (Fsp3) is 0. The number of rotatable bonds is 3. The lowest BCUT2D eigenvalue weighted by molar-refractivity contribution is -0.384. The van der Waals surface area contributed by atoms with E-state index >= 15 is 0 Å². The molecule has 0 aliphatic carbocycles. The SMILES string of the molecule is O=C(Nc1cc(O)cc(O)c1)Nc1cc([N+](=O)[O-])ccc1Cl. The first kappa shape index (κ1) is 15.4. The van der Waals surface area contributed by atoms with E-state index < -0.39 is 11.0 Å². The van der Waals surface area contributed by atoms with Crippen LogP contribution in [0.15, 0.2) is 36.4 Å². The van der Waals surface area contributed by atoms with Gasteiger partial charge in [-0.2, -0.15) is 0 Å². The number of nitro benzene ring substituents is 1. The molecule has 0 fully saturated rings. The zero-order valence-corrected chi connectivity index (χ0v) is 11.7. The third kappa shape index (κ3) is 3.76. The molecular formula is C13H10ClN3O5. The Bertz CT molecular complexity index is 730. The minimum Gasteiger partial charge on any atom is -0.508 e. The van der Waals surface area contributed by atoms with Gasteiger partial charge in [-0.05, 0) is 6.07 Å². The molecule has 2 aromatic carbocycles. The molecule has 0 atom stereocenters. The molecule has 0 aliphatic heterocycles. The zero-order valence-electron chi connectivity index (χ0n) is 10.9. The van der Waals surface area contributed by atoms with Crippen molar-refractivity contribution in [3.8, 4) is 11.5 Å². The van der Waals surface area contributed by atoms with Gasteiger partial charge < -0.3 is 20.8 Å². The fourth-order valence-electron chi connectivity index (χ4n) is 1.67. The maximum Gasteiger partial charge on any atom is 0.323 e. The summed E-state index contributed by atoms with van der Waals surface area (Å²) in [6.45, 7) is 0. The highest BCUT2D eigenvalue weighted by atomic mass is 35.5. The lowest BCUT2D eigenvalue weighted by Gasteiger charge is -2.09. The molecular weight excluding hydrogens is 314 g/mol. The Morgan fingerprint density at radius 2 is 1.73 bits per heavy atom. The van der Waals surface area contributed by atoms with Gasteiger partial charge in [-0.25, -0.2) is 4.79 Å². The van der Waals surface area contributed by atoms with E-state index in [1.54, 1.807) is 0 Å². The molecule has 8 nitrogen and oxygen atoms in total. The highest BCUT2D eigenvalue weighted by molar-refractivity contribution is 6.33. The quantitative estimate of drug-likeness (QED) is 0.509. The highest BCUT2D eigenvalue weighted by Gasteiger charge is 2.12. The topological polar surface area (TPSA) is 125 Å².